The second-order valence-electron chi connectivity index (χ2n) is 5.64. The van der Waals surface area contributed by atoms with E-state index in [1.54, 1.807) is 55.5 Å². The second kappa shape index (κ2) is 8.65. The number of anilines is 1. The van der Waals surface area contributed by atoms with Crippen molar-refractivity contribution in [3.8, 4) is 11.8 Å². The van der Waals surface area contributed by atoms with Crippen LogP contribution in [0.25, 0.3) is 0 Å². The van der Waals surface area contributed by atoms with Crippen LogP contribution in [0.4, 0.5) is 5.69 Å². The van der Waals surface area contributed by atoms with E-state index in [1.165, 1.54) is 0 Å². The van der Waals surface area contributed by atoms with Gasteiger partial charge in [-0.1, -0.05) is 6.92 Å². The van der Waals surface area contributed by atoms with Gasteiger partial charge >= 0.3 is 0 Å². The number of amides is 1. The van der Waals surface area contributed by atoms with Crippen LogP contribution in [-0.4, -0.2) is 17.8 Å². The summed E-state index contributed by atoms with van der Waals surface area (Å²) in [7, 11) is 0. The lowest BCUT2D eigenvalue weighted by atomic mass is 10.1. The number of rotatable bonds is 7. The zero-order valence-electron chi connectivity index (χ0n) is 14.3. The quantitative estimate of drug-likeness (QED) is 0.777. The molecule has 2 aromatic rings. The first-order chi connectivity index (χ1) is 12.0. The molecule has 1 N–H and O–H groups in total. The van der Waals surface area contributed by atoms with E-state index >= 15 is 0 Å². The highest BCUT2D eigenvalue weighted by molar-refractivity contribution is 6.00. The SMILES string of the molecule is CCCC(=O)Nc1ccc(C(=O)C(C)Oc2ccc(C#N)cc2)cc1. The van der Waals surface area contributed by atoms with Crippen LogP contribution in [0.15, 0.2) is 48.5 Å². The maximum atomic E-state index is 12.4. The summed E-state index contributed by atoms with van der Waals surface area (Å²) in [5.41, 5.74) is 1.71. The number of Topliss-reactive ketones (excluding diaryl/α,β-unsaturated/α-hetero) is 1. The number of ether oxygens (including phenoxy) is 1. The Morgan fingerprint density at radius 1 is 1.12 bits per heavy atom. The Balaban J connectivity index is 1.98. The van der Waals surface area contributed by atoms with Gasteiger partial charge in [0.15, 0.2) is 6.10 Å². The monoisotopic (exact) mass is 336 g/mol. The summed E-state index contributed by atoms with van der Waals surface area (Å²) < 4.78 is 5.63. The number of nitrogens with zero attached hydrogens (tertiary/aromatic N) is 1. The lowest BCUT2D eigenvalue weighted by molar-refractivity contribution is -0.116. The van der Waals surface area contributed by atoms with Gasteiger partial charge in [-0.25, -0.2) is 0 Å². The number of hydrogen-bond donors (Lipinski definition) is 1. The number of ketones is 1. The van der Waals surface area contributed by atoms with Crippen molar-refractivity contribution < 1.29 is 14.3 Å². The highest BCUT2D eigenvalue weighted by atomic mass is 16.5. The molecule has 2 rings (SSSR count). The molecule has 5 nitrogen and oxygen atoms in total. The molecule has 0 saturated heterocycles. The molecule has 0 aliphatic heterocycles. The number of carbonyl (C=O) groups is 2. The summed E-state index contributed by atoms with van der Waals surface area (Å²) in [4.78, 5) is 24.0. The van der Waals surface area contributed by atoms with E-state index < -0.39 is 6.10 Å². The fourth-order valence-electron chi connectivity index (χ4n) is 2.27. The predicted octanol–water partition coefficient (Wildman–Crippen LogP) is 3.95. The van der Waals surface area contributed by atoms with Crippen molar-refractivity contribution in [2.75, 3.05) is 5.32 Å². The van der Waals surface area contributed by atoms with Crippen LogP contribution in [0, 0.1) is 11.3 Å². The highest BCUT2D eigenvalue weighted by Gasteiger charge is 2.17. The van der Waals surface area contributed by atoms with Gasteiger partial charge in [-0.2, -0.15) is 5.26 Å². The fourth-order valence-corrected chi connectivity index (χ4v) is 2.27. The van der Waals surface area contributed by atoms with E-state index in [2.05, 4.69) is 5.32 Å². The molecule has 1 atom stereocenters. The first-order valence-electron chi connectivity index (χ1n) is 8.14. The zero-order chi connectivity index (χ0) is 18.2. The average molecular weight is 336 g/mol. The Morgan fingerprint density at radius 2 is 1.76 bits per heavy atom. The van der Waals surface area contributed by atoms with Gasteiger partial charge in [-0.15, -0.1) is 0 Å². The first-order valence-corrected chi connectivity index (χ1v) is 8.14. The molecule has 0 saturated carbocycles. The van der Waals surface area contributed by atoms with E-state index in [-0.39, 0.29) is 11.7 Å². The Hall–Kier alpha value is -3.13. The summed E-state index contributed by atoms with van der Waals surface area (Å²) in [6.07, 6.45) is 0.594. The Labute approximate surface area is 147 Å². The van der Waals surface area contributed by atoms with Gasteiger partial charge in [0.25, 0.3) is 0 Å². The van der Waals surface area contributed by atoms with Crippen LogP contribution >= 0.6 is 0 Å². The topological polar surface area (TPSA) is 79.2 Å². The molecule has 1 amide bonds. The minimum Gasteiger partial charge on any atom is -0.483 e. The third-order valence-corrected chi connectivity index (χ3v) is 3.60. The second-order valence-corrected chi connectivity index (χ2v) is 5.64. The van der Waals surface area contributed by atoms with Crippen molar-refractivity contribution in [2.24, 2.45) is 0 Å². The average Bonchev–Trinajstić information content (AvgIpc) is 2.62. The third-order valence-electron chi connectivity index (χ3n) is 3.60. The predicted molar refractivity (Wildman–Crippen MR) is 95.6 cm³/mol. The van der Waals surface area contributed by atoms with Crippen LogP contribution in [0.5, 0.6) is 5.75 Å². The van der Waals surface area contributed by atoms with E-state index in [9.17, 15) is 9.59 Å². The Morgan fingerprint density at radius 3 is 2.32 bits per heavy atom. The number of nitriles is 1. The smallest absolute Gasteiger partial charge is 0.224 e. The van der Waals surface area contributed by atoms with E-state index in [0.717, 1.165) is 6.42 Å². The maximum Gasteiger partial charge on any atom is 0.224 e. The summed E-state index contributed by atoms with van der Waals surface area (Å²) in [6, 6.07) is 15.4. The maximum absolute atomic E-state index is 12.4. The molecule has 0 bridgehead atoms. The van der Waals surface area contributed by atoms with Crippen LogP contribution in [-0.2, 0) is 4.79 Å². The molecule has 0 heterocycles. The number of nitrogens with one attached hydrogen (secondary N) is 1. The molecule has 25 heavy (non-hydrogen) atoms. The summed E-state index contributed by atoms with van der Waals surface area (Å²) in [5, 5.41) is 11.6. The van der Waals surface area contributed by atoms with Crippen LogP contribution in [0.1, 0.15) is 42.6 Å². The minimum atomic E-state index is -0.659. The first kappa shape index (κ1) is 18.2. The van der Waals surface area contributed by atoms with Gasteiger partial charge < -0.3 is 10.1 Å². The van der Waals surface area contributed by atoms with Crippen molar-refractivity contribution in [3.63, 3.8) is 0 Å². The molecular weight excluding hydrogens is 316 g/mol. The lowest BCUT2D eigenvalue weighted by Gasteiger charge is -2.14. The third kappa shape index (κ3) is 5.18. The van der Waals surface area contributed by atoms with E-state index in [4.69, 9.17) is 10.00 Å². The molecular formula is C20H20N2O3. The van der Waals surface area contributed by atoms with Crippen LogP contribution < -0.4 is 10.1 Å². The van der Waals surface area contributed by atoms with Crippen LogP contribution in [0.2, 0.25) is 0 Å². The van der Waals surface area contributed by atoms with Crippen molar-refractivity contribution in [1.29, 1.82) is 5.26 Å². The molecule has 5 heteroatoms. The van der Waals surface area contributed by atoms with Gasteiger partial charge in [-0.3, -0.25) is 9.59 Å². The van der Waals surface area contributed by atoms with Gasteiger partial charge in [0.2, 0.25) is 11.7 Å². The minimum absolute atomic E-state index is 0.0425. The largest absolute Gasteiger partial charge is 0.483 e. The molecule has 2 aromatic carbocycles. The van der Waals surface area contributed by atoms with Crippen molar-refractivity contribution >= 4 is 17.4 Å². The molecule has 0 aliphatic rings. The van der Waals surface area contributed by atoms with Gasteiger partial charge in [-0.05, 0) is 61.9 Å². The molecule has 0 radical (unpaired) electrons. The number of carbonyl (C=O) groups excluding carboxylic acids is 2. The molecule has 0 aliphatic carbocycles. The molecule has 0 fully saturated rings. The Kier molecular flexibility index (Phi) is 6.30. The van der Waals surface area contributed by atoms with Crippen molar-refractivity contribution in [2.45, 2.75) is 32.8 Å². The van der Waals surface area contributed by atoms with Gasteiger partial charge in [0, 0.05) is 17.7 Å². The van der Waals surface area contributed by atoms with Crippen molar-refractivity contribution in [3.05, 3.63) is 59.7 Å². The molecule has 0 aromatic heterocycles. The van der Waals surface area contributed by atoms with Gasteiger partial charge in [0.05, 0.1) is 11.6 Å². The number of benzene rings is 2. The summed E-state index contributed by atoms with van der Waals surface area (Å²) >= 11 is 0. The normalized spacial score (nSPS) is 11.2. The van der Waals surface area contributed by atoms with E-state index in [1.807, 2.05) is 13.0 Å². The lowest BCUT2D eigenvalue weighted by Crippen LogP contribution is -2.23. The fraction of sp³-hybridized carbons (Fsp3) is 0.250. The van der Waals surface area contributed by atoms with E-state index in [0.29, 0.717) is 29.0 Å². The summed E-state index contributed by atoms with van der Waals surface area (Å²) in [5.74, 6) is 0.332. The molecule has 128 valence electrons. The Bertz CT molecular complexity index is 774. The van der Waals surface area contributed by atoms with Gasteiger partial charge in [0.1, 0.15) is 5.75 Å². The summed E-state index contributed by atoms with van der Waals surface area (Å²) in [6.45, 7) is 3.62. The molecule has 1 unspecified atom stereocenters. The van der Waals surface area contributed by atoms with Crippen molar-refractivity contribution in [1.82, 2.24) is 0 Å². The highest BCUT2D eigenvalue weighted by Crippen LogP contribution is 2.17. The molecule has 0 spiro atoms. The van der Waals surface area contributed by atoms with Crippen LogP contribution in [0.3, 0.4) is 0 Å². The zero-order valence-corrected chi connectivity index (χ0v) is 14.3. The standard InChI is InChI=1S/C20H20N2O3/c1-3-4-19(23)22-17-9-7-16(8-10-17)20(24)14(2)25-18-11-5-15(13-21)6-12-18/h5-12,14H,3-4H2,1-2H3,(H,22,23). The number of hydrogen-bond acceptors (Lipinski definition) is 4.